The van der Waals surface area contributed by atoms with Gasteiger partial charge in [0, 0.05) is 12.3 Å². The Morgan fingerprint density at radius 3 is 2.67 bits per heavy atom. The van der Waals surface area contributed by atoms with Gasteiger partial charge in [0.15, 0.2) is 6.20 Å². The average Bonchev–Trinajstić information content (AvgIpc) is 2.40. The van der Waals surface area contributed by atoms with E-state index in [4.69, 9.17) is 0 Å². The zero-order valence-electron chi connectivity index (χ0n) is 10.6. The number of benzene rings is 1. The molecule has 0 saturated heterocycles. The van der Waals surface area contributed by atoms with Gasteiger partial charge >= 0.3 is 0 Å². The molecule has 2 nitrogen and oxygen atoms in total. The molecule has 0 aliphatic carbocycles. The molecule has 0 N–H and O–H groups in total. The molecule has 0 bridgehead atoms. The minimum atomic E-state index is 1.05. The van der Waals surface area contributed by atoms with Gasteiger partial charge in [-0.25, -0.2) is 4.98 Å². The number of hydrogen-bond donors (Lipinski definition) is 0. The largest absolute Gasteiger partial charge is 0.250 e. The van der Waals surface area contributed by atoms with Crippen molar-refractivity contribution in [3.63, 3.8) is 0 Å². The first-order chi connectivity index (χ1) is 8.77. The summed E-state index contributed by atoms with van der Waals surface area (Å²) in [7, 11) is 2.07. The lowest BCUT2D eigenvalue weighted by Crippen LogP contribution is -2.31. The second-order valence-corrected chi connectivity index (χ2v) is 4.53. The van der Waals surface area contributed by atoms with Gasteiger partial charge in [-0.3, -0.25) is 0 Å². The van der Waals surface area contributed by atoms with E-state index in [-0.39, 0.29) is 0 Å². The van der Waals surface area contributed by atoms with Crippen molar-refractivity contribution in [2.24, 2.45) is 7.05 Å². The fourth-order valence-electron chi connectivity index (χ4n) is 2.34. The summed E-state index contributed by atoms with van der Waals surface area (Å²) in [5.41, 5.74) is 3.42. The molecule has 0 aliphatic heterocycles. The van der Waals surface area contributed by atoms with Crippen molar-refractivity contribution in [1.82, 2.24) is 4.98 Å². The number of hydrogen-bond acceptors (Lipinski definition) is 1. The maximum atomic E-state index is 4.54. The van der Waals surface area contributed by atoms with Crippen LogP contribution < -0.4 is 4.57 Å². The Balaban J connectivity index is 2.42. The first-order valence-corrected chi connectivity index (χ1v) is 6.07. The van der Waals surface area contributed by atoms with Gasteiger partial charge in [0.05, 0.1) is 5.39 Å². The Kier molecular flexibility index (Phi) is 2.56. The molecule has 3 aromatic rings. The van der Waals surface area contributed by atoms with Gasteiger partial charge < -0.3 is 0 Å². The minimum Gasteiger partial charge on any atom is -0.250 e. The maximum Gasteiger partial charge on any atom is 0.239 e. The third-order valence-corrected chi connectivity index (χ3v) is 3.28. The molecule has 0 fully saturated rings. The number of rotatable bonds is 1. The molecule has 2 heterocycles. The lowest BCUT2D eigenvalue weighted by Gasteiger charge is -2.06. The molecule has 2 aromatic heterocycles. The molecule has 0 aliphatic rings. The van der Waals surface area contributed by atoms with E-state index < -0.39 is 0 Å². The summed E-state index contributed by atoms with van der Waals surface area (Å²) in [4.78, 5) is 4.54. The lowest BCUT2D eigenvalue weighted by atomic mass is 10.0. The lowest BCUT2D eigenvalue weighted by molar-refractivity contribution is -0.659. The van der Waals surface area contributed by atoms with Crippen LogP contribution in [-0.2, 0) is 7.05 Å². The zero-order chi connectivity index (χ0) is 12.5. The number of aromatic nitrogens is 2. The van der Waals surface area contributed by atoms with Crippen LogP contribution in [0.2, 0.25) is 0 Å². The van der Waals surface area contributed by atoms with Crippen molar-refractivity contribution in [2.45, 2.75) is 6.92 Å². The molecule has 88 valence electrons. The van der Waals surface area contributed by atoms with Crippen LogP contribution in [0.4, 0.5) is 0 Å². The number of fused-ring (bicyclic) bond motifs is 1. The average molecular weight is 235 g/mol. The quantitative estimate of drug-likeness (QED) is 0.592. The summed E-state index contributed by atoms with van der Waals surface area (Å²) in [6.45, 7) is 2.10. The van der Waals surface area contributed by atoms with Crippen LogP contribution in [0, 0.1) is 6.92 Å². The maximum absolute atomic E-state index is 4.54. The van der Waals surface area contributed by atoms with Crippen molar-refractivity contribution in [3.8, 4) is 11.4 Å². The number of pyridine rings is 2. The fourth-order valence-corrected chi connectivity index (χ4v) is 2.34. The third kappa shape index (κ3) is 1.66. The zero-order valence-corrected chi connectivity index (χ0v) is 10.6. The summed E-state index contributed by atoms with van der Waals surface area (Å²) in [5, 5.41) is 2.49. The molecule has 0 unspecified atom stereocenters. The van der Waals surface area contributed by atoms with Crippen molar-refractivity contribution in [3.05, 3.63) is 60.4 Å². The van der Waals surface area contributed by atoms with Gasteiger partial charge in [0.1, 0.15) is 12.7 Å². The van der Waals surface area contributed by atoms with E-state index >= 15 is 0 Å². The monoisotopic (exact) mass is 235 g/mol. The minimum absolute atomic E-state index is 1.05. The van der Waals surface area contributed by atoms with Crippen molar-refractivity contribution >= 4 is 10.8 Å². The third-order valence-electron chi connectivity index (χ3n) is 3.28. The Bertz CT molecular complexity index is 717. The van der Waals surface area contributed by atoms with Gasteiger partial charge in [0.2, 0.25) is 5.69 Å². The Labute approximate surface area is 107 Å². The second-order valence-electron chi connectivity index (χ2n) is 4.53. The van der Waals surface area contributed by atoms with Gasteiger partial charge in [-0.05, 0) is 30.0 Å². The number of nitrogens with zero attached hydrogens (tertiary/aromatic N) is 2. The first kappa shape index (κ1) is 10.9. The van der Waals surface area contributed by atoms with Crippen molar-refractivity contribution in [2.75, 3.05) is 0 Å². The molecular formula is C16H15N2+. The van der Waals surface area contributed by atoms with Crippen LogP contribution in [0.5, 0.6) is 0 Å². The van der Waals surface area contributed by atoms with Gasteiger partial charge in [-0.15, -0.1) is 0 Å². The van der Waals surface area contributed by atoms with E-state index in [9.17, 15) is 0 Å². The molecule has 0 radical (unpaired) electrons. The highest BCUT2D eigenvalue weighted by Crippen LogP contribution is 2.25. The standard InChI is InChI=1S/C16H15N2/c1-12-6-5-10-17-15(12)16-14-8-4-3-7-13(14)9-11-18(16)2/h3-11H,1-2H3/q+1. The van der Waals surface area contributed by atoms with Gasteiger partial charge in [0.25, 0.3) is 0 Å². The van der Waals surface area contributed by atoms with Crippen LogP contribution in [-0.4, -0.2) is 4.98 Å². The molecule has 0 amide bonds. The molecule has 18 heavy (non-hydrogen) atoms. The van der Waals surface area contributed by atoms with E-state index in [2.05, 4.69) is 66.1 Å². The normalized spacial score (nSPS) is 10.8. The van der Waals surface area contributed by atoms with E-state index in [1.165, 1.54) is 22.0 Å². The van der Waals surface area contributed by atoms with Crippen LogP contribution >= 0.6 is 0 Å². The topological polar surface area (TPSA) is 16.8 Å². The SMILES string of the molecule is Cc1cccnc1-c1c2ccccc2cc[n+]1C. The summed E-state index contributed by atoms with van der Waals surface area (Å²) in [6.07, 6.45) is 3.94. The highest BCUT2D eigenvalue weighted by atomic mass is 14.9. The molecule has 2 heteroatoms. The Morgan fingerprint density at radius 2 is 1.83 bits per heavy atom. The molecule has 0 atom stereocenters. The van der Waals surface area contributed by atoms with E-state index in [0.29, 0.717) is 0 Å². The van der Waals surface area contributed by atoms with E-state index in [1.54, 1.807) is 0 Å². The smallest absolute Gasteiger partial charge is 0.239 e. The van der Waals surface area contributed by atoms with Crippen molar-refractivity contribution < 1.29 is 4.57 Å². The second kappa shape index (κ2) is 4.22. The van der Waals surface area contributed by atoms with E-state index in [1.807, 2.05) is 12.3 Å². The number of aryl methyl sites for hydroxylation is 2. The highest BCUT2D eigenvalue weighted by Gasteiger charge is 2.17. The molecule has 0 spiro atoms. The molecular weight excluding hydrogens is 220 g/mol. The van der Waals surface area contributed by atoms with Crippen molar-refractivity contribution in [1.29, 1.82) is 0 Å². The van der Waals surface area contributed by atoms with Crippen LogP contribution in [0.1, 0.15) is 5.56 Å². The first-order valence-electron chi connectivity index (χ1n) is 6.07. The predicted octanol–water partition coefficient (Wildman–Crippen LogP) is 3.03. The van der Waals surface area contributed by atoms with Gasteiger partial charge in [-0.2, -0.15) is 4.57 Å². The summed E-state index contributed by atoms with van der Waals surface area (Å²) in [6, 6.07) is 14.6. The Morgan fingerprint density at radius 1 is 1.00 bits per heavy atom. The molecule has 3 rings (SSSR count). The highest BCUT2D eigenvalue weighted by molar-refractivity contribution is 5.92. The van der Waals surface area contributed by atoms with E-state index in [0.717, 1.165) is 5.69 Å². The van der Waals surface area contributed by atoms with Crippen LogP contribution in [0.15, 0.2) is 54.9 Å². The van der Waals surface area contributed by atoms with Crippen LogP contribution in [0.3, 0.4) is 0 Å². The summed E-state index contributed by atoms with van der Waals surface area (Å²) < 4.78 is 2.14. The molecule has 0 saturated carbocycles. The van der Waals surface area contributed by atoms with Gasteiger partial charge in [-0.1, -0.05) is 24.3 Å². The summed E-state index contributed by atoms with van der Waals surface area (Å²) in [5.74, 6) is 0. The summed E-state index contributed by atoms with van der Waals surface area (Å²) >= 11 is 0. The Hall–Kier alpha value is -2.22. The molecule has 1 aromatic carbocycles. The van der Waals surface area contributed by atoms with Crippen LogP contribution in [0.25, 0.3) is 22.2 Å². The fraction of sp³-hybridized carbons (Fsp3) is 0.125. The predicted molar refractivity (Wildman–Crippen MR) is 73.1 cm³/mol.